The quantitative estimate of drug-likeness (QED) is 0.400. The monoisotopic (exact) mass is 485 g/mol. The van der Waals surface area contributed by atoms with E-state index in [9.17, 15) is 4.79 Å². The summed E-state index contributed by atoms with van der Waals surface area (Å²) in [4.78, 5) is 17.7. The molecule has 4 aromatic rings. The Hall–Kier alpha value is -3.56. The number of hydrogen-bond acceptors (Lipinski definition) is 6. The van der Waals surface area contributed by atoms with E-state index in [4.69, 9.17) is 4.74 Å². The molecule has 1 saturated heterocycles. The Morgan fingerprint density at radius 1 is 1.17 bits per heavy atom. The second-order valence-corrected chi connectivity index (χ2v) is 10.4. The first-order valence-electron chi connectivity index (χ1n) is 12.3. The normalized spacial score (nSPS) is 16.7. The molecule has 0 aliphatic carbocycles. The van der Waals surface area contributed by atoms with Crippen LogP contribution in [-0.4, -0.2) is 69.2 Å². The summed E-state index contributed by atoms with van der Waals surface area (Å²) < 4.78 is 9.62. The van der Waals surface area contributed by atoms with Crippen LogP contribution in [0.4, 0.5) is 5.69 Å². The lowest BCUT2D eigenvalue weighted by Gasteiger charge is -2.41. The Morgan fingerprint density at radius 2 is 2.00 bits per heavy atom. The fraction of sp³-hybridized carbons (Fsp3) is 0.407. The Labute approximate surface area is 210 Å². The fourth-order valence-corrected chi connectivity index (χ4v) is 5.29. The van der Waals surface area contributed by atoms with Gasteiger partial charge in [-0.1, -0.05) is 12.1 Å². The van der Waals surface area contributed by atoms with Crippen molar-refractivity contribution in [3.05, 3.63) is 70.9 Å². The van der Waals surface area contributed by atoms with Crippen molar-refractivity contribution in [3.63, 3.8) is 0 Å². The Kier molecular flexibility index (Phi) is 5.42. The third kappa shape index (κ3) is 3.70. The smallest absolute Gasteiger partial charge is 0.258 e. The van der Waals surface area contributed by atoms with Crippen LogP contribution in [0.15, 0.2) is 42.9 Å². The summed E-state index contributed by atoms with van der Waals surface area (Å²) in [5.41, 5.74) is 5.86. The lowest BCUT2D eigenvalue weighted by Crippen LogP contribution is -2.49. The number of aryl methyl sites for hydroxylation is 2. The number of likely N-dealkylation sites (N-methyl/N-ethyl adjacent to an activating group) is 1. The first-order valence-corrected chi connectivity index (χ1v) is 12.3. The number of nitrogens with zero attached hydrogens (tertiary/aromatic N) is 7. The molecular weight excluding hydrogens is 454 g/mol. The van der Waals surface area contributed by atoms with E-state index in [1.165, 1.54) is 0 Å². The van der Waals surface area contributed by atoms with Crippen LogP contribution in [-0.2, 0) is 36.7 Å². The second kappa shape index (κ2) is 8.53. The Bertz CT molecular complexity index is 1460. The highest BCUT2D eigenvalue weighted by Gasteiger charge is 2.43. The number of ether oxygens (including phenoxy) is 1. The Balaban J connectivity index is 1.31. The zero-order valence-electron chi connectivity index (χ0n) is 21.2. The minimum absolute atomic E-state index is 0.0407. The molecule has 1 fully saturated rings. The highest BCUT2D eigenvalue weighted by molar-refractivity contribution is 6.11. The van der Waals surface area contributed by atoms with Gasteiger partial charge in [-0.3, -0.25) is 9.48 Å². The summed E-state index contributed by atoms with van der Waals surface area (Å²) in [6.45, 7) is 5.58. The topological polar surface area (TPSA) is 81.3 Å². The van der Waals surface area contributed by atoms with Gasteiger partial charge in [0, 0.05) is 42.1 Å². The largest absolute Gasteiger partial charge is 0.379 e. The molecule has 2 aliphatic heterocycles. The van der Waals surface area contributed by atoms with Crippen molar-refractivity contribution in [1.29, 1.82) is 0 Å². The van der Waals surface area contributed by atoms with Crippen molar-refractivity contribution in [2.45, 2.75) is 31.8 Å². The SMILES string of the molecule is Cc1cc(N2Cc3ccc(C4(Cc5nncn5C)COC4)cc3C2=O)cc2c1cnn2CCN(C)C. The van der Waals surface area contributed by atoms with Gasteiger partial charge in [-0.05, 0) is 55.9 Å². The van der Waals surface area contributed by atoms with Gasteiger partial charge in [0.2, 0.25) is 0 Å². The van der Waals surface area contributed by atoms with Crippen LogP contribution in [0.3, 0.4) is 0 Å². The standard InChI is InChI=1S/C27H31N7O2/c1-18-9-21(11-24-23(18)13-29-34(24)8-7-31(2)3)33-14-19-5-6-20(10-22(19)26(33)35)27(15-36-16-27)12-25-30-28-17-32(25)4/h5-6,9-11,13,17H,7-8,12,14-16H2,1-4H3. The number of amides is 1. The molecule has 0 saturated carbocycles. The summed E-state index contributed by atoms with van der Waals surface area (Å²) in [6, 6.07) is 10.5. The number of hydrogen-bond donors (Lipinski definition) is 0. The van der Waals surface area contributed by atoms with Crippen molar-refractivity contribution in [2.24, 2.45) is 7.05 Å². The van der Waals surface area contributed by atoms with E-state index in [1.54, 1.807) is 6.33 Å². The molecule has 0 bridgehead atoms. The van der Waals surface area contributed by atoms with Gasteiger partial charge in [-0.15, -0.1) is 10.2 Å². The maximum Gasteiger partial charge on any atom is 0.258 e. The molecule has 0 spiro atoms. The summed E-state index contributed by atoms with van der Waals surface area (Å²) in [6.07, 6.45) is 4.37. The molecule has 9 nitrogen and oxygen atoms in total. The average molecular weight is 486 g/mol. The summed E-state index contributed by atoms with van der Waals surface area (Å²) in [7, 11) is 6.08. The molecule has 2 aromatic carbocycles. The molecule has 9 heteroatoms. The van der Waals surface area contributed by atoms with Crippen LogP contribution in [0.25, 0.3) is 10.9 Å². The lowest BCUT2D eigenvalue weighted by atomic mass is 9.75. The van der Waals surface area contributed by atoms with E-state index in [0.29, 0.717) is 19.8 Å². The lowest BCUT2D eigenvalue weighted by molar-refractivity contribution is -0.0611. The van der Waals surface area contributed by atoms with Crippen molar-refractivity contribution in [3.8, 4) is 0 Å². The van der Waals surface area contributed by atoms with Crippen molar-refractivity contribution in [1.82, 2.24) is 29.4 Å². The molecule has 0 radical (unpaired) electrons. The number of benzene rings is 2. The molecule has 0 unspecified atom stereocenters. The highest BCUT2D eigenvalue weighted by Crippen LogP contribution is 2.39. The van der Waals surface area contributed by atoms with Crippen molar-refractivity contribution >= 4 is 22.5 Å². The summed E-state index contributed by atoms with van der Waals surface area (Å²) in [5, 5.41) is 14.0. The fourth-order valence-electron chi connectivity index (χ4n) is 5.29. The second-order valence-electron chi connectivity index (χ2n) is 10.4. The maximum atomic E-state index is 13.7. The summed E-state index contributed by atoms with van der Waals surface area (Å²) in [5.74, 6) is 0.959. The molecule has 36 heavy (non-hydrogen) atoms. The number of carbonyl (C=O) groups excluding carboxylic acids is 1. The molecule has 6 rings (SSSR count). The predicted molar refractivity (Wildman–Crippen MR) is 137 cm³/mol. The van der Waals surface area contributed by atoms with Gasteiger partial charge < -0.3 is 19.1 Å². The van der Waals surface area contributed by atoms with Crippen LogP contribution < -0.4 is 4.90 Å². The van der Waals surface area contributed by atoms with Crippen LogP contribution in [0, 0.1) is 6.92 Å². The first kappa shape index (κ1) is 22.9. The maximum absolute atomic E-state index is 13.7. The third-order valence-electron chi connectivity index (χ3n) is 7.61. The van der Waals surface area contributed by atoms with E-state index >= 15 is 0 Å². The van der Waals surface area contributed by atoms with E-state index in [1.807, 2.05) is 27.4 Å². The van der Waals surface area contributed by atoms with Gasteiger partial charge in [-0.25, -0.2) is 0 Å². The number of aromatic nitrogens is 5. The van der Waals surface area contributed by atoms with E-state index in [2.05, 4.69) is 71.5 Å². The summed E-state index contributed by atoms with van der Waals surface area (Å²) >= 11 is 0. The van der Waals surface area contributed by atoms with Crippen LogP contribution >= 0.6 is 0 Å². The number of rotatable bonds is 7. The molecule has 186 valence electrons. The first-order chi connectivity index (χ1) is 17.3. The molecule has 0 N–H and O–H groups in total. The van der Waals surface area contributed by atoms with Crippen molar-refractivity contribution < 1.29 is 9.53 Å². The molecular formula is C27H31N7O2. The van der Waals surface area contributed by atoms with Crippen molar-refractivity contribution in [2.75, 3.05) is 38.8 Å². The van der Waals surface area contributed by atoms with E-state index in [0.717, 1.165) is 64.2 Å². The minimum Gasteiger partial charge on any atom is -0.379 e. The predicted octanol–water partition coefficient (Wildman–Crippen LogP) is 2.71. The molecule has 0 atom stereocenters. The van der Waals surface area contributed by atoms with Gasteiger partial charge in [-0.2, -0.15) is 5.10 Å². The number of carbonyl (C=O) groups is 1. The third-order valence-corrected chi connectivity index (χ3v) is 7.61. The molecule has 1 amide bonds. The van der Waals surface area contributed by atoms with Gasteiger partial charge in [0.1, 0.15) is 12.2 Å². The van der Waals surface area contributed by atoms with Crippen LogP contribution in [0.5, 0.6) is 0 Å². The molecule has 4 heterocycles. The highest BCUT2D eigenvalue weighted by atomic mass is 16.5. The van der Waals surface area contributed by atoms with Crippen LogP contribution in [0.1, 0.15) is 32.9 Å². The van der Waals surface area contributed by atoms with Gasteiger partial charge >= 0.3 is 0 Å². The van der Waals surface area contributed by atoms with Crippen LogP contribution in [0.2, 0.25) is 0 Å². The molecule has 2 aliphatic rings. The molecule has 2 aromatic heterocycles. The van der Waals surface area contributed by atoms with Gasteiger partial charge in [0.25, 0.3) is 5.91 Å². The zero-order chi connectivity index (χ0) is 25.0. The van der Waals surface area contributed by atoms with Gasteiger partial charge in [0.05, 0.1) is 38.0 Å². The Morgan fingerprint density at radius 3 is 2.69 bits per heavy atom. The number of fused-ring (bicyclic) bond motifs is 2. The van der Waals surface area contributed by atoms with Gasteiger partial charge in [0.15, 0.2) is 0 Å². The minimum atomic E-state index is -0.183. The van der Waals surface area contributed by atoms with E-state index in [-0.39, 0.29) is 11.3 Å². The van der Waals surface area contributed by atoms with E-state index < -0.39 is 0 Å². The average Bonchev–Trinajstić information content (AvgIpc) is 3.52. The number of anilines is 1. The zero-order valence-corrected chi connectivity index (χ0v) is 21.2.